The molecule has 2 aromatic heterocycles. The van der Waals surface area contributed by atoms with Crippen LogP contribution in [0.3, 0.4) is 0 Å². The summed E-state index contributed by atoms with van der Waals surface area (Å²) >= 11 is 0. The smallest absolute Gasteiger partial charge is 0.137 e. The van der Waals surface area contributed by atoms with Gasteiger partial charge < -0.3 is 4.42 Å². The number of aromatic nitrogens is 1. The summed E-state index contributed by atoms with van der Waals surface area (Å²) in [5, 5.41) is 9.88. The topological polar surface area (TPSA) is 49.8 Å². The van der Waals surface area contributed by atoms with E-state index in [1.165, 1.54) is 0 Å². The van der Waals surface area contributed by atoms with Gasteiger partial charge in [0, 0.05) is 17.8 Å². The van der Waals surface area contributed by atoms with Gasteiger partial charge in [-0.15, -0.1) is 0 Å². The molecule has 2 heterocycles. The molecule has 0 spiro atoms. The Labute approximate surface area is 82.0 Å². The maximum atomic E-state index is 8.95. The van der Waals surface area contributed by atoms with Crippen LogP contribution in [-0.2, 0) is 5.41 Å². The molecule has 0 bridgehead atoms. The minimum Gasteiger partial charge on any atom is -0.459 e. The van der Waals surface area contributed by atoms with E-state index in [0.717, 1.165) is 11.0 Å². The van der Waals surface area contributed by atoms with E-state index in [-0.39, 0.29) is 0 Å². The molecular formula is C11H10N2O. The molecule has 0 aliphatic heterocycles. The van der Waals surface area contributed by atoms with Crippen LogP contribution in [0.1, 0.15) is 19.6 Å². The van der Waals surface area contributed by atoms with Crippen LogP contribution in [0.15, 0.2) is 28.9 Å². The molecule has 0 N–H and O–H groups in total. The Morgan fingerprint density at radius 3 is 2.93 bits per heavy atom. The van der Waals surface area contributed by atoms with Gasteiger partial charge in [0.05, 0.1) is 6.07 Å². The van der Waals surface area contributed by atoms with E-state index >= 15 is 0 Å². The molecule has 3 heteroatoms. The van der Waals surface area contributed by atoms with Gasteiger partial charge in [-0.1, -0.05) is 0 Å². The summed E-state index contributed by atoms with van der Waals surface area (Å²) in [6.45, 7) is 3.66. The van der Waals surface area contributed by atoms with Crippen LogP contribution < -0.4 is 0 Å². The van der Waals surface area contributed by atoms with Crippen molar-refractivity contribution in [2.45, 2.75) is 19.3 Å². The second-order valence-electron chi connectivity index (χ2n) is 3.76. The molecule has 70 valence electrons. The molecule has 0 aliphatic rings. The Hall–Kier alpha value is -1.82. The highest BCUT2D eigenvalue weighted by molar-refractivity contribution is 5.76. The SMILES string of the molecule is CC(C)(C#N)c1cc2cnccc2o1. The fourth-order valence-corrected chi connectivity index (χ4v) is 1.25. The van der Waals surface area contributed by atoms with Crippen molar-refractivity contribution in [3.63, 3.8) is 0 Å². The Morgan fingerprint density at radius 2 is 2.29 bits per heavy atom. The van der Waals surface area contributed by atoms with Gasteiger partial charge >= 0.3 is 0 Å². The number of nitrogens with zero attached hydrogens (tertiary/aromatic N) is 2. The number of furan rings is 1. The van der Waals surface area contributed by atoms with Crippen LogP contribution in [0.5, 0.6) is 0 Å². The average molecular weight is 186 g/mol. The maximum Gasteiger partial charge on any atom is 0.137 e. The van der Waals surface area contributed by atoms with E-state index in [9.17, 15) is 0 Å². The molecule has 0 saturated heterocycles. The molecular weight excluding hydrogens is 176 g/mol. The summed E-state index contributed by atoms with van der Waals surface area (Å²) in [4.78, 5) is 3.99. The van der Waals surface area contributed by atoms with Crippen LogP contribution in [0.2, 0.25) is 0 Å². The molecule has 2 aromatic rings. The highest BCUT2D eigenvalue weighted by atomic mass is 16.3. The fourth-order valence-electron chi connectivity index (χ4n) is 1.25. The monoisotopic (exact) mass is 186 g/mol. The van der Waals surface area contributed by atoms with Gasteiger partial charge in [0.2, 0.25) is 0 Å². The van der Waals surface area contributed by atoms with Crippen LogP contribution in [0, 0.1) is 11.3 Å². The second-order valence-corrected chi connectivity index (χ2v) is 3.76. The van der Waals surface area contributed by atoms with E-state index in [1.54, 1.807) is 18.5 Å². The first-order chi connectivity index (χ1) is 6.63. The first kappa shape index (κ1) is 8.76. The standard InChI is InChI=1S/C11H10N2O/c1-11(2,7-12)10-5-8-6-13-4-3-9(8)14-10/h3-6H,1-2H3. The normalized spacial score (nSPS) is 11.5. The van der Waals surface area contributed by atoms with Crippen molar-refractivity contribution in [2.75, 3.05) is 0 Å². The van der Waals surface area contributed by atoms with Crippen molar-refractivity contribution in [1.82, 2.24) is 4.98 Å². The highest BCUT2D eigenvalue weighted by Crippen LogP contribution is 2.28. The molecule has 0 atom stereocenters. The Bertz CT molecular complexity index is 472. The quantitative estimate of drug-likeness (QED) is 0.687. The van der Waals surface area contributed by atoms with Gasteiger partial charge in [-0.25, -0.2) is 0 Å². The lowest BCUT2D eigenvalue weighted by atomic mass is 9.92. The Morgan fingerprint density at radius 1 is 1.50 bits per heavy atom. The largest absolute Gasteiger partial charge is 0.459 e. The van der Waals surface area contributed by atoms with Crippen molar-refractivity contribution >= 4 is 11.0 Å². The van der Waals surface area contributed by atoms with Crippen LogP contribution in [-0.4, -0.2) is 4.98 Å². The van der Waals surface area contributed by atoms with Crippen molar-refractivity contribution in [1.29, 1.82) is 5.26 Å². The van der Waals surface area contributed by atoms with Gasteiger partial charge in [0.1, 0.15) is 16.8 Å². The Balaban J connectivity index is 2.62. The van der Waals surface area contributed by atoms with E-state index in [0.29, 0.717) is 5.76 Å². The number of nitriles is 1. The molecule has 14 heavy (non-hydrogen) atoms. The number of pyridine rings is 1. The first-order valence-corrected chi connectivity index (χ1v) is 4.39. The van der Waals surface area contributed by atoms with Gasteiger partial charge in [-0.2, -0.15) is 5.26 Å². The fraction of sp³-hybridized carbons (Fsp3) is 0.273. The molecule has 0 aliphatic carbocycles. The van der Waals surface area contributed by atoms with Crippen LogP contribution in [0.25, 0.3) is 11.0 Å². The lowest BCUT2D eigenvalue weighted by molar-refractivity contribution is 0.470. The van der Waals surface area contributed by atoms with E-state index in [1.807, 2.05) is 19.9 Å². The molecule has 0 radical (unpaired) electrons. The molecule has 0 fully saturated rings. The zero-order valence-corrected chi connectivity index (χ0v) is 8.11. The van der Waals surface area contributed by atoms with Crippen molar-refractivity contribution in [3.8, 4) is 6.07 Å². The van der Waals surface area contributed by atoms with Gasteiger partial charge in [-0.05, 0) is 26.0 Å². The molecule has 0 amide bonds. The summed E-state index contributed by atoms with van der Waals surface area (Å²) in [6.07, 6.45) is 3.41. The summed E-state index contributed by atoms with van der Waals surface area (Å²) in [6, 6.07) is 5.87. The number of rotatable bonds is 1. The summed E-state index contributed by atoms with van der Waals surface area (Å²) in [5.74, 6) is 0.683. The lowest BCUT2D eigenvalue weighted by Crippen LogP contribution is -2.12. The average Bonchev–Trinajstić information content (AvgIpc) is 2.61. The second kappa shape index (κ2) is 2.85. The third-order valence-corrected chi connectivity index (χ3v) is 2.21. The lowest BCUT2D eigenvalue weighted by Gasteiger charge is -2.09. The number of fused-ring (bicyclic) bond motifs is 1. The zero-order valence-electron chi connectivity index (χ0n) is 8.11. The minimum atomic E-state index is -0.584. The maximum absolute atomic E-state index is 8.95. The van der Waals surface area contributed by atoms with E-state index < -0.39 is 5.41 Å². The molecule has 0 aromatic carbocycles. The van der Waals surface area contributed by atoms with Crippen molar-refractivity contribution in [3.05, 3.63) is 30.3 Å². The predicted octanol–water partition coefficient (Wildman–Crippen LogP) is 2.63. The molecule has 0 saturated carbocycles. The molecule has 3 nitrogen and oxygen atoms in total. The first-order valence-electron chi connectivity index (χ1n) is 4.39. The minimum absolute atomic E-state index is 0.584. The van der Waals surface area contributed by atoms with Crippen LogP contribution >= 0.6 is 0 Å². The predicted molar refractivity (Wildman–Crippen MR) is 52.6 cm³/mol. The summed E-state index contributed by atoms with van der Waals surface area (Å²) in [5.41, 5.74) is 0.192. The van der Waals surface area contributed by atoms with Gasteiger partial charge in [0.25, 0.3) is 0 Å². The highest BCUT2D eigenvalue weighted by Gasteiger charge is 2.24. The summed E-state index contributed by atoms with van der Waals surface area (Å²) < 4.78 is 5.56. The number of hydrogen-bond acceptors (Lipinski definition) is 3. The molecule has 2 rings (SSSR count). The van der Waals surface area contributed by atoms with Gasteiger partial charge in [-0.3, -0.25) is 4.98 Å². The van der Waals surface area contributed by atoms with Crippen LogP contribution in [0.4, 0.5) is 0 Å². The summed E-state index contributed by atoms with van der Waals surface area (Å²) in [7, 11) is 0. The third kappa shape index (κ3) is 1.25. The van der Waals surface area contributed by atoms with Crippen molar-refractivity contribution in [2.24, 2.45) is 0 Å². The van der Waals surface area contributed by atoms with E-state index in [4.69, 9.17) is 9.68 Å². The molecule has 0 unspecified atom stereocenters. The number of hydrogen-bond donors (Lipinski definition) is 0. The van der Waals surface area contributed by atoms with Gasteiger partial charge in [0.15, 0.2) is 0 Å². The third-order valence-electron chi connectivity index (χ3n) is 2.21. The van der Waals surface area contributed by atoms with E-state index in [2.05, 4.69) is 11.1 Å². The zero-order chi connectivity index (χ0) is 10.2. The van der Waals surface area contributed by atoms with Crippen molar-refractivity contribution < 1.29 is 4.42 Å². The Kier molecular flexibility index (Phi) is 1.78.